The highest BCUT2D eigenvalue weighted by Gasteiger charge is 2.00. The molecule has 0 spiro atoms. The Balaban J connectivity index is 3.17. The highest BCUT2D eigenvalue weighted by atomic mass is 16.1. The van der Waals surface area contributed by atoms with Crippen LogP contribution >= 0.6 is 0 Å². The molecule has 5 nitrogen and oxygen atoms in total. The molecule has 0 bridgehead atoms. The number of unbranched alkanes of at least 4 members (excludes halogenated alkanes) is 10. The molecule has 5 N–H and O–H groups in total. The Hall–Kier alpha value is -1.10. The zero-order valence-corrected chi connectivity index (χ0v) is 14.8. The first-order valence-electron chi connectivity index (χ1n) is 9.42. The minimum atomic E-state index is -0.205. The second-order valence-corrected chi connectivity index (χ2v) is 6.35. The fraction of sp³-hybridized carbons (Fsp3) is 0.889. The maximum Gasteiger partial charge on any atom is 0.219 e. The first kappa shape index (κ1) is 21.9. The maximum atomic E-state index is 11.6. The third-order valence-corrected chi connectivity index (χ3v) is 4.03. The van der Waals surface area contributed by atoms with Crippen molar-refractivity contribution in [2.24, 2.45) is 11.5 Å². The molecule has 0 atom stereocenters. The Bertz CT molecular complexity index is 296. The van der Waals surface area contributed by atoms with Crippen LogP contribution in [0.25, 0.3) is 0 Å². The summed E-state index contributed by atoms with van der Waals surface area (Å²) in [7, 11) is 0. The zero-order valence-electron chi connectivity index (χ0n) is 14.8. The smallest absolute Gasteiger partial charge is 0.219 e. The summed E-state index contributed by atoms with van der Waals surface area (Å²) < 4.78 is 0. The lowest BCUT2D eigenvalue weighted by atomic mass is 10.1. The van der Waals surface area contributed by atoms with E-state index in [4.69, 9.17) is 11.5 Å². The van der Waals surface area contributed by atoms with Crippen molar-refractivity contribution in [3.8, 4) is 0 Å². The van der Waals surface area contributed by atoms with Gasteiger partial charge in [0.1, 0.15) is 0 Å². The van der Waals surface area contributed by atoms with Gasteiger partial charge in [0.2, 0.25) is 11.8 Å². The van der Waals surface area contributed by atoms with Crippen LogP contribution in [0.5, 0.6) is 0 Å². The molecule has 0 saturated carbocycles. The van der Waals surface area contributed by atoms with Gasteiger partial charge in [-0.1, -0.05) is 51.4 Å². The van der Waals surface area contributed by atoms with E-state index in [2.05, 4.69) is 5.32 Å². The van der Waals surface area contributed by atoms with E-state index < -0.39 is 0 Å². The van der Waals surface area contributed by atoms with Crippen molar-refractivity contribution in [3.63, 3.8) is 0 Å². The number of carbonyl (C=O) groups is 2. The third kappa shape index (κ3) is 18.9. The van der Waals surface area contributed by atoms with Gasteiger partial charge in [-0.05, 0) is 32.2 Å². The van der Waals surface area contributed by atoms with Gasteiger partial charge < -0.3 is 16.8 Å². The predicted molar refractivity (Wildman–Crippen MR) is 95.9 cm³/mol. The van der Waals surface area contributed by atoms with Gasteiger partial charge >= 0.3 is 0 Å². The van der Waals surface area contributed by atoms with Crippen LogP contribution < -0.4 is 16.8 Å². The van der Waals surface area contributed by atoms with Crippen molar-refractivity contribution in [1.82, 2.24) is 5.32 Å². The molecule has 136 valence electrons. The summed E-state index contributed by atoms with van der Waals surface area (Å²) in [5, 5.41) is 2.99. The lowest BCUT2D eigenvalue weighted by molar-refractivity contribution is -0.121. The van der Waals surface area contributed by atoms with Crippen molar-refractivity contribution >= 4 is 11.8 Å². The summed E-state index contributed by atoms with van der Waals surface area (Å²) in [6.07, 6.45) is 14.5. The van der Waals surface area contributed by atoms with E-state index in [1.165, 1.54) is 19.3 Å². The minimum absolute atomic E-state index is 0.188. The Kier molecular flexibility index (Phi) is 16.4. The van der Waals surface area contributed by atoms with E-state index in [0.29, 0.717) is 12.8 Å². The van der Waals surface area contributed by atoms with Crippen molar-refractivity contribution in [2.75, 3.05) is 13.1 Å². The van der Waals surface area contributed by atoms with Gasteiger partial charge in [0.05, 0.1) is 0 Å². The van der Waals surface area contributed by atoms with Crippen LogP contribution in [0.2, 0.25) is 0 Å². The van der Waals surface area contributed by atoms with Crippen LogP contribution in [0.15, 0.2) is 0 Å². The quantitative estimate of drug-likeness (QED) is 0.358. The Labute approximate surface area is 141 Å². The molecule has 0 aromatic carbocycles. The number of hydrogen-bond donors (Lipinski definition) is 3. The molecule has 23 heavy (non-hydrogen) atoms. The fourth-order valence-electron chi connectivity index (χ4n) is 2.58. The molecule has 5 heteroatoms. The largest absolute Gasteiger partial charge is 0.370 e. The second kappa shape index (κ2) is 17.3. The van der Waals surface area contributed by atoms with Gasteiger partial charge in [-0.25, -0.2) is 0 Å². The van der Waals surface area contributed by atoms with Gasteiger partial charge in [-0.15, -0.1) is 0 Å². The molecule has 0 aliphatic rings. The average molecular weight is 328 g/mol. The van der Waals surface area contributed by atoms with E-state index >= 15 is 0 Å². The molecule has 0 aliphatic carbocycles. The summed E-state index contributed by atoms with van der Waals surface area (Å²) >= 11 is 0. The van der Waals surface area contributed by atoms with E-state index in [-0.39, 0.29) is 11.8 Å². The molecule has 0 rings (SSSR count). The highest BCUT2D eigenvalue weighted by Crippen LogP contribution is 2.08. The summed E-state index contributed by atoms with van der Waals surface area (Å²) in [6, 6.07) is 0. The molecule has 2 amide bonds. The maximum absolute atomic E-state index is 11.6. The number of nitrogens with two attached hydrogens (primary N) is 2. The van der Waals surface area contributed by atoms with Crippen LogP contribution in [0.3, 0.4) is 0 Å². The van der Waals surface area contributed by atoms with Crippen LogP contribution in [0, 0.1) is 0 Å². The molecule has 0 radical (unpaired) electrons. The normalized spacial score (nSPS) is 10.7. The molecular formula is C18H37N3O2. The summed E-state index contributed by atoms with van der Waals surface area (Å²) in [6.45, 7) is 1.58. The van der Waals surface area contributed by atoms with Gasteiger partial charge in [0.25, 0.3) is 0 Å². The second-order valence-electron chi connectivity index (χ2n) is 6.35. The van der Waals surface area contributed by atoms with E-state index in [0.717, 1.165) is 70.9 Å². The first-order chi connectivity index (χ1) is 11.2. The number of amides is 2. The molecule has 0 aromatic rings. The molecule has 0 fully saturated rings. The molecule has 0 unspecified atom stereocenters. The molecule has 0 aliphatic heterocycles. The van der Waals surface area contributed by atoms with Crippen LogP contribution in [0.4, 0.5) is 0 Å². The van der Waals surface area contributed by atoms with Crippen LogP contribution in [-0.4, -0.2) is 24.9 Å². The van der Waals surface area contributed by atoms with E-state index in [1.54, 1.807) is 0 Å². The summed E-state index contributed by atoms with van der Waals surface area (Å²) in [5.41, 5.74) is 10.5. The monoisotopic (exact) mass is 327 g/mol. The minimum Gasteiger partial charge on any atom is -0.370 e. The van der Waals surface area contributed by atoms with Crippen LogP contribution in [0.1, 0.15) is 89.9 Å². The summed E-state index contributed by atoms with van der Waals surface area (Å²) in [5.74, 6) is -0.0170. The number of primary amides is 1. The predicted octanol–water partition coefficient (Wildman–Crippen LogP) is 3.01. The number of hydrogen-bond acceptors (Lipinski definition) is 3. The average Bonchev–Trinajstić information content (AvgIpc) is 2.52. The number of nitrogens with one attached hydrogen (secondary N) is 1. The lowest BCUT2D eigenvalue weighted by Crippen LogP contribution is -2.23. The van der Waals surface area contributed by atoms with Crippen molar-refractivity contribution in [3.05, 3.63) is 0 Å². The third-order valence-electron chi connectivity index (χ3n) is 4.03. The topological polar surface area (TPSA) is 98.2 Å². The van der Waals surface area contributed by atoms with Crippen molar-refractivity contribution in [1.29, 1.82) is 0 Å². The van der Waals surface area contributed by atoms with Gasteiger partial charge in [-0.2, -0.15) is 0 Å². The first-order valence-corrected chi connectivity index (χ1v) is 9.42. The lowest BCUT2D eigenvalue weighted by Gasteiger charge is -2.05. The fourth-order valence-corrected chi connectivity index (χ4v) is 2.58. The molecule has 0 heterocycles. The number of carbonyl (C=O) groups excluding carboxylic acids is 2. The molecule has 0 aromatic heterocycles. The van der Waals surface area contributed by atoms with Crippen LogP contribution in [-0.2, 0) is 9.59 Å². The van der Waals surface area contributed by atoms with Gasteiger partial charge in [0, 0.05) is 19.4 Å². The van der Waals surface area contributed by atoms with Gasteiger partial charge in [-0.3, -0.25) is 9.59 Å². The standard InChI is InChI=1S/C18H37N3O2/c19-15-11-7-3-1-6-10-14-18(23)21-16-12-8-4-2-5-9-13-17(20)22/h1-16,19H2,(H2,20,22)(H,21,23). The number of rotatable bonds is 17. The van der Waals surface area contributed by atoms with E-state index in [1.807, 2.05) is 0 Å². The zero-order chi connectivity index (χ0) is 17.2. The van der Waals surface area contributed by atoms with Crippen molar-refractivity contribution < 1.29 is 9.59 Å². The summed E-state index contributed by atoms with van der Waals surface area (Å²) in [4.78, 5) is 22.2. The Morgan fingerprint density at radius 1 is 0.652 bits per heavy atom. The molecule has 0 saturated heterocycles. The van der Waals surface area contributed by atoms with Crippen molar-refractivity contribution in [2.45, 2.75) is 89.9 Å². The Morgan fingerprint density at radius 3 is 1.70 bits per heavy atom. The molecular weight excluding hydrogens is 290 g/mol. The van der Waals surface area contributed by atoms with E-state index in [9.17, 15) is 9.59 Å². The highest BCUT2D eigenvalue weighted by molar-refractivity contribution is 5.75. The SMILES string of the molecule is NCCCCCCCCC(=O)NCCCCCCCCC(N)=O. The Morgan fingerprint density at radius 2 is 1.13 bits per heavy atom. The van der Waals surface area contributed by atoms with Gasteiger partial charge in [0.15, 0.2) is 0 Å².